The van der Waals surface area contributed by atoms with Crippen molar-refractivity contribution in [3.05, 3.63) is 29.3 Å². The SMILES string of the molecule is CCC(C(=O)N1CC(CN)CC1C)n1nnc(-c2ccc(Cl)cc2)n1.Cl. The average molecular weight is 399 g/mol. The molecule has 26 heavy (non-hydrogen) atoms. The van der Waals surface area contributed by atoms with E-state index in [0.717, 1.165) is 12.0 Å². The molecule has 0 saturated carbocycles. The van der Waals surface area contributed by atoms with Crippen molar-refractivity contribution in [3.8, 4) is 11.4 Å². The molecule has 2 N–H and O–H groups in total. The fourth-order valence-electron chi connectivity index (χ4n) is 3.32. The zero-order valence-electron chi connectivity index (χ0n) is 14.9. The molecule has 1 aromatic carbocycles. The van der Waals surface area contributed by atoms with Crippen molar-refractivity contribution in [1.82, 2.24) is 25.1 Å². The maximum absolute atomic E-state index is 13.0. The van der Waals surface area contributed by atoms with Crippen LogP contribution in [0, 0.1) is 5.92 Å². The zero-order chi connectivity index (χ0) is 18.0. The maximum Gasteiger partial charge on any atom is 0.249 e. The molecule has 3 atom stereocenters. The van der Waals surface area contributed by atoms with E-state index >= 15 is 0 Å². The number of rotatable bonds is 5. The van der Waals surface area contributed by atoms with Crippen molar-refractivity contribution >= 4 is 29.9 Å². The lowest BCUT2D eigenvalue weighted by molar-refractivity contribution is -0.136. The minimum Gasteiger partial charge on any atom is -0.338 e. The smallest absolute Gasteiger partial charge is 0.249 e. The third-order valence-electron chi connectivity index (χ3n) is 4.76. The van der Waals surface area contributed by atoms with Gasteiger partial charge in [0.1, 0.15) is 0 Å². The van der Waals surface area contributed by atoms with Crippen LogP contribution in [-0.4, -0.2) is 50.1 Å². The van der Waals surface area contributed by atoms with Crippen molar-refractivity contribution in [1.29, 1.82) is 0 Å². The van der Waals surface area contributed by atoms with Gasteiger partial charge < -0.3 is 10.6 Å². The second kappa shape index (κ2) is 8.79. The minimum absolute atomic E-state index is 0. The molecule has 0 spiro atoms. The summed E-state index contributed by atoms with van der Waals surface area (Å²) in [6.45, 7) is 5.32. The summed E-state index contributed by atoms with van der Waals surface area (Å²) < 4.78 is 0. The number of carbonyl (C=O) groups is 1. The molecule has 2 heterocycles. The number of nitrogens with two attached hydrogens (primary N) is 1. The second-order valence-corrected chi connectivity index (χ2v) is 6.98. The Hall–Kier alpha value is -1.70. The normalized spacial score (nSPS) is 20.7. The van der Waals surface area contributed by atoms with Gasteiger partial charge in [-0.25, -0.2) is 0 Å². The van der Waals surface area contributed by atoms with Crippen LogP contribution in [0.15, 0.2) is 24.3 Å². The van der Waals surface area contributed by atoms with Crippen LogP contribution >= 0.6 is 24.0 Å². The van der Waals surface area contributed by atoms with E-state index < -0.39 is 6.04 Å². The molecule has 1 amide bonds. The standard InChI is InChI=1S/C17H23ClN6O.ClH/c1-3-15(17(25)23-10-12(9-19)8-11(23)2)24-21-16(20-22-24)13-4-6-14(18)7-5-13;/h4-7,11-12,15H,3,8-10,19H2,1-2H3;1H. The summed E-state index contributed by atoms with van der Waals surface area (Å²) in [6.07, 6.45) is 1.55. The van der Waals surface area contributed by atoms with E-state index in [2.05, 4.69) is 22.3 Å². The largest absolute Gasteiger partial charge is 0.338 e. The number of benzene rings is 1. The maximum atomic E-state index is 13.0. The van der Waals surface area contributed by atoms with Crippen LogP contribution in [0.2, 0.25) is 5.02 Å². The Morgan fingerprint density at radius 1 is 1.38 bits per heavy atom. The molecule has 1 aliphatic heterocycles. The number of carbonyl (C=O) groups excluding carboxylic acids is 1. The topological polar surface area (TPSA) is 89.9 Å². The summed E-state index contributed by atoms with van der Waals surface area (Å²) in [5.74, 6) is 0.882. The molecule has 0 radical (unpaired) electrons. The first-order valence-electron chi connectivity index (χ1n) is 8.59. The van der Waals surface area contributed by atoms with Gasteiger partial charge in [-0.1, -0.05) is 18.5 Å². The number of hydrogen-bond acceptors (Lipinski definition) is 5. The van der Waals surface area contributed by atoms with Crippen LogP contribution in [-0.2, 0) is 4.79 Å². The molecule has 142 valence electrons. The molecule has 1 aliphatic rings. The molecular formula is C17H24Cl2N6O. The number of halogens is 2. The number of likely N-dealkylation sites (tertiary alicyclic amines) is 1. The summed E-state index contributed by atoms with van der Waals surface area (Å²) >= 11 is 5.91. The highest BCUT2D eigenvalue weighted by Gasteiger charge is 2.36. The number of nitrogens with zero attached hydrogens (tertiary/aromatic N) is 5. The minimum atomic E-state index is -0.451. The first-order valence-corrected chi connectivity index (χ1v) is 8.97. The van der Waals surface area contributed by atoms with Gasteiger partial charge in [-0.05, 0) is 61.7 Å². The lowest BCUT2D eigenvalue weighted by Crippen LogP contribution is -2.40. The van der Waals surface area contributed by atoms with Crippen molar-refractivity contribution in [2.75, 3.05) is 13.1 Å². The molecule has 1 aromatic heterocycles. The van der Waals surface area contributed by atoms with Crippen LogP contribution in [0.25, 0.3) is 11.4 Å². The van der Waals surface area contributed by atoms with Crippen LogP contribution in [0.5, 0.6) is 0 Å². The van der Waals surface area contributed by atoms with Gasteiger partial charge >= 0.3 is 0 Å². The molecular weight excluding hydrogens is 375 g/mol. The van der Waals surface area contributed by atoms with E-state index in [1.54, 1.807) is 12.1 Å². The van der Waals surface area contributed by atoms with E-state index in [9.17, 15) is 4.79 Å². The third kappa shape index (κ3) is 4.16. The van der Waals surface area contributed by atoms with E-state index in [1.807, 2.05) is 24.0 Å². The van der Waals surface area contributed by atoms with Gasteiger partial charge in [0.25, 0.3) is 0 Å². The lowest BCUT2D eigenvalue weighted by Gasteiger charge is -2.25. The van der Waals surface area contributed by atoms with E-state index in [1.165, 1.54) is 4.80 Å². The molecule has 1 fully saturated rings. The number of aromatic nitrogens is 4. The van der Waals surface area contributed by atoms with Crippen LogP contribution in [0.4, 0.5) is 0 Å². The molecule has 9 heteroatoms. The fourth-order valence-corrected chi connectivity index (χ4v) is 3.45. The highest BCUT2D eigenvalue weighted by molar-refractivity contribution is 6.30. The Balaban J connectivity index is 0.00000243. The summed E-state index contributed by atoms with van der Waals surface area (Å²) in [7, 11) is 0. The molecule has 0 bridgehead atoms. The van der Waals surface area contributed by atoms with E-state index in [0.29, 0.717) is 36.3 Å². The molecule has 0 aliphatic carbocycles. The lowest BCUT2D eigenvalue weighted by atomic mass is 10.1. The van der Waals surface area contributed by atoms with Crippen LogP contribution in [0.1, 0.15) is 32.7 Å². The number of hydrogen-bond donors (Lipinski definition) is 1. The van der Waals surface area contributed by atoms with E-state index in [-0.39, 0.29) is 24.4 Å². The van der Waals surface area contributed by atoms with Crippen molar-refractivity contribution in [3.63, 3.8) is 0 Å². The number of amides is 1. The zero-order valence-corrected chi connectivity index (χ0v) is 16.5. The summed E-state index contributed by atoms with van der Waals surface area (Å²) in [5.41, 5.74) is 6.58. The van der Waals surface area contributed by atoms with Gasteiger partial charge in [-0.2, -0.15) is 4.80 Å². The number of tetrazole rings is 1. The highest BCUT2D eigenvalue weighted by atomic mass is 35.5. The Labute approximate surface area is 164 Å². The fraction of sp³-hybridized carbons (Fsp3) is 0.529. The Morgan fingerprint density at radius 2 is 2.08 bits per heavy atom. The van der Waals surface area contributed by atoms with Crippen LogP contribution < -0.4 is 5.73 Å². The van der Waals surface area contributed by atoms with Gasteiger partial charge in [-0.15, -0.1) is 22.6 Å². The molecule has 3 rings (SSSR count). The third-order valence-corrected chi connectivity index (χ3v) is 5.01. The molecule has 3 unspecified atom stereocenters. The van der Waals surface area contributed by atoms with Crippen molar-refractivity contribution < 1.29 is 4.79 Å². The molecule has 7 nitrogen and oxygen atoms in total. The molecule has 1 saturated heterocycles. The van der Waals surface area contributed by atoms with Gasteiger partial charge in [0.05, 0.1) is 0 Å². The second-order valence-electron chi connectivity index (χ2n) is 6.54. The van der Waals surface area contributed by atoms with Crippen molar-refractivity contribution in [2.45, 2.75) is 38.8 Å². The Morgan fingerprint density at radius 3 is 2.65 bits per heavy atom. The molecule has 2 aromatic rings. The summed E-state index contributed by atoms with van der Waals surface area (Å²) in [4.78, 5) is 16.3. The first kappa shape index (κ1) is 20.6. The van der Waals surface area contributed by atoms with Gasteiger partial charge in [0.2, 0.25) is 11.7 Å². The summed E-state index contributed by atoms with van der Waals surface area (Å²) in [5, 5.41) is 13.3. The van der Waals surface area contributed by atoms with Gasteiger partial charge in [-0.3, -0.25) is 4.79 Å². The predicted octanol–water partition coefficient (Wildman–Crippen LogP) is 2.56. The monoisotopic (exact) mass is 398 g/mol. The highest BCUT2D eigenvalue weighted by Crippen LogP contribution is 2.26. The first-order chi connectivity index (χ1) is 12.0. The average Bonchev–Trinajstić information content (AvgIpc) is 3.23. The van der Waals surface area contributed by atoms with Gasteiger partial charge in [0, 0.05) is 23.2 Å². The van der Waals surface area contributed by atoms with E-state index in [4.69, 9.17) is 17.3 Å². The van der Waals surface area contributed by atoms with Gasteiger partial charge in [0.15, 0.2) is 6.04 Å². The summed E-state index contributed by atoms with van der Waals surface area (Å²) in [6, 6.07) is 6.96. The predicted molar refractivity (Wildman–Crippen MR) is 103 cm³/mol. The van der Waals surface area contributed by atoms with Crippen molar-refractivity contribution in [2.24, 2.45) is 11.7 Å². The Kier molecular flexibility index (Phi) is 6.97. The quantitative estimate of drug-likeness (QED) is 0.835. The Bertz CT molecular complexity index is 735. The van der Waals surface area contributed by atoms with Crippen LogP contribution in [0.3, 0.4) is 0 Å².